The van der Waals surface area contributed by atoms with Crippen LogP contribution in [-0.4, -0.2) is 11.0 Å². The smallest absolute Gasteiger partial charge is 0.387 e. The van der Waals surface area contributed by atoms with Crippen LogP contribution >= 0.6 is 11.6 Å². The average Bonchev–Trinajstić information content (AvgIpc) is 2.15. The zero-order valence-electron chi connectivity index (χ0n) is 7.05. The maximum absolute atomic E-state index is 12.4. The Balaban J connectivity index is 3.16. The molecule has 0 aromatic heterocycles. The van der Waals surface area contributed by atoms with Gasteiger partial charge in [0.1, 0.15) is 0 Å². The van der Waals surface area contributed by atoms with Crippen molar-refractivity contribution in [2.75, 3.05) is 5.88 Å². The lowest BCUT2D eigenvalue weighted by Crippen LogP contribution is -2.12. The van der Waals surface area contributed by atoms with E-state index in [-0.39, 0.29) is 11.4 Å². The van der Waals surface area contributed by atoms with Crippen LogP contribution in [0.3, 0.4) is 0 Å². The number of halogens is 4. The third-order valence-electron chi connectivity index (χ3n) is 1.77. The van der Waals surface area contributed by atoms with Crippen molar-refractivity contribution in [3.63, 3.8) is 0 Å². The van der Waals surface area contributed by atoms with Crippen LogP contribution in [0.25, 0.3) is 0 Å². The van der Waals surface area contributed by atoms with Gasteiger partial charge in [-0.1, -0.05) is 18.2 Å². The van der Waals surface area contributed by atoms with Crippen molar-refractivity contribution in [2.24, 2.45) is 0 Å². The summed E-state index contributed by atoms with van der Waals surface area (Å²) in [6.07, 6.45) is -5.74. The summed E-state index contributed by atoms with van der Waals surface area (Å²) in [6.45, 7) is 0. The molecule has 78 valence electrons. The average molecular weight is 225 g/mol. The molecule has 0 aliphatic carbocycles. The summed E-state index contributed by atoms with van der Waals surface area (Å²) in [5, 5.41) is 9.24. The number of hydrogen-bond acceptors (Lipinski definition) is 1. The van der Waals surface area contributed by atoms with E-state index < -0.39 is 17.8 Å². The van der Waals surface area contributed by atoms with Gasteiger partial charge in [-0.15, -0.1) is 11.6 Å². The van der Waals surface area contributed by atoms with Crippen molar-refractivity contribution in [3.8, 4) is 0 Å². The van der Waals surface area contributed by atoms with Gasteiger partial charge in [0.25, 0.3) is 0 Å². The van der Waals surface area contributed by atoms with Gasteiger partial charge in [0.15, 0.2) is 0 Å². The fourth-order valence-electron chi connectivity index (χ4n) is 1.13. The predicted octanol–water partition coefficient (Wildman–Crippen LogP) is 2.98. The number of alkyl halides is 4. The lowest BCUT2D eigenvalue weighted by Gasteiger charge is -2.15. The molecule has 0 bridgehead atoms. The molecule has 1 nitrogen and oxygen atoms in total. The Morgan fingerprint density at radius 3 is 2.36 bits per heavy atom. The minimum absolute atomic E-state index is 0.185. The van der Waals surface area contributed by atoms with E-state index in [1.807, 2.05) is 0 Å². The quantitative estimate of drug-likeness (QED) is 0.766. The van der Waals surface area contributed by atoms with Crippen LogP contribution in [0, 0.1) is 0 Å². The first kappa shape index (κ1) is 11.3. The summed E-state index contributed by atoms with van der Waals surface area (Å²) >= 11 is 5.29. The minimum atomic E-state index is -4.45. The van der Waals surface area contributed by atoms with Crippen LogP contribution in [0.4, 0.5) is 13.2 Å². The molecule has 0 unspecified atom stereocenters. The molecular weight excluding hydrogens is 217 g/mol. The number of aliphatic hydroxyl groups excluding tert-OH is 1. The molecule has 0 saturated heterocycles. The third-order valence-corrected chi connectivity index (χ3v) is 2.06. The van der Waals surface area contributed by atoms with Crippen molar-refractivity contribution >= 4 is 11.6 Å². The first-order valence-corrected chi connectivity index (χ1v) is 4.40. The highest BCUT2D eigenvalue weighted by molar-refractivity contribution is 6.18. The molecule has 0 saturated carbocycles. The van der Waals surface area contributed by atoms with Crippen molar-refractivity contribution in [2.45, 2.75) is 12.3 Å². The fraction of sp³-hybridized carbons (Fsp3) is 0.333. The SMILES string of the molecule is O[C@@H](CCl)c1ccccc1C(F)(F)F. The van der Waals surface area contributed by atoms with Gasteiger partial charge in [-0.05, 0) is 11.6 Å². The molecule has 1 N–H and O–H groups in total. The van der Waals surface area contributed by atoms with Gasteiger partial charge in [0.2, 0.25) is 0 Å². The van der Waals surface area contributed by atoms with E-state index in [1.165, 1.54) is 18.2 Å². The Bertz CT molecular complexity index is 311. The zero-order valence-corrected chi connectivity index (χ0v) is 7.81. The fourth-order valence-corrected chi connectivity index (χ4v) is 1.30. The molecule has 14 heavy (non-hydrogen) atoms. The second-order valence-electron chi connectivity index (χ2n) is 2.76. The highest BCUT2D eigenvalue weighted by Gasteiger charge is 2.34. The second kappa shape index (κ2) is 4.19. The number of rotatable bonds is 2. The Morgan fingerprint density at radius 2 is 1.86 bits per heavy atom. The number of aliphatic hydroxyl groups is 1. The van der Waals surface area contributed by atoms with E-state index >= 15 is 0 Å². The highest BCUT2D eigenvalue weighted by Crippen LogP contribution is 2.34. The summed E-state index contributed by atoms with van der Waals surface area (Å²) in [5.74, 6) is -0.257. The first-order chi connectivity index (χ1) is 6.46. The molecule has 0 heterocycles. The van der Waals surface area contributed by atoms with E-state index in [0.717, 1.165) is 6.07 Å². The lowest BCUT2D eigenvalue weighted by atomic mass is 10.0. The molecule has 1 aromatic carbocycles. The molecule has 0 amide bonds. The van der Waals surface area contributed by atoms with Crippen LogP contribution in [-0.2, 0) is 6.18 Å². The first-order valence-electron chi connectivity index (χ1n) is 3.87. The van der Waals surface area contributed by atoms with Crippen LogP contribution in [0.2, 0.25) is 0 Å². The maximum atomic E-state index is 12.4. The van der Waals surface area contributed by atoms with Crippen LogP contribution in [0.5, 0.6) is 0 Å². The summed E-state index contributed by atoms with van der Waals surface area (Å²) < 4.78 is 37.2. The Labute approximate surface area is 84.1 Å². The van der Waals surface area contributed by atoms with Gasteiger partial charge in [-0.2, -0.15) is 13.2 Å². The monoisotopic (exact) mass is 224 g/mol. The standard InChI is InChI=1S/C9H8ClF3O/c10-5-8(14)6-3-1-2-4-7(6)9(11,12)13/h1-4,8,14H,5H2/t8-/m0/s1. The molecule has 1 atom stereocenters. The second-order valence-corrected chi connectivity index (χ2v) is 3.06. The molecule has 0 fully saturated rings. The third kappa shape index (κ3) is 2.39. The van der Waals surface area contributed by atoms with E-state index in [9.17, 15) is 18.3 Å². The molecule has 0 spiro atoms. The van der Waals surface area contributed by atoms with Gasteiger partial charge in [0, 0.05) is 0 Å². The Hall–Kier alpha value is -0.740. The van der Waals surface area contributed by atoms with E-state index in [0.29, 0.717) is 0 Å². The van der Waals surface area contributed by atoms with Gasteiger partial charge in [-0.3, -0.25) is 0 Å². The molecule has 0 radical (unpaired) electrons. The molecule has 1 rings (SSSR count). The highest BCUT2D eigenvalue weighted by atomic mass is 35.5. The van der Waals surface area contributed by atoms with Crippen LogP contribution in [0.15, 0.2) is 24.3 Å². The normalized spacial score (nSPS) is 14.1. The number of benzene rings is 1. The summed E-state index contributed by atoms with van der Waals surface area (Å²) in [7, 11) is 0. The Morgan fingerprint density at radius 1 is 1.29 bits per heavy atom. The van der Waals surface area contributed by atoms with Crippen molar-refractivity contribution in [1.29, 1.82) is 0 Å². The predicted molar refractivity (Wildman–Crippen MR) is 47.1 cm³/mol. The molecule has 0 aliphatic rings. The van der Waals surface area contributed by atoms with Crippen LogP contribution < -0.4 is 0 Å². The van der Waals surface area contributed by atoms with E-state index in [1.54, 1.807) is 0 Å². The Kier molecular flexibility index (Phi) is 3.39. The number of hydrogen-bond donors (Lipinski definition) is 1. The molecular formula is C9H8ClF3O. The van der Waals surface area contributed by atoms with Gasteiger partial charge in [-0.25, -0.2) is 0 Å². The van der Waals surface area contributed by atoms with E-state index in [2.05, 4.69) is 0 Å². The van der Waals surface area contributed by atoms with E-state index in [4.69, 9.17) is 11.6 Å². The van der Waals surface area contributed by atoms with Gasteiger partial charge in [0.05, 0.1) is 17.5 Å². The zero-order chi connectivity index (χ0) is 10.8. The summed E-state index contributed by atoms with van der Waals surface area (Å²) in [4.78, 5) is 0. The largest absolute Gasteiger partial charge is 0.416 e. The van der Waals surface area contributed by atoms with Crippen molar-refractivity contribution in [1.82, 2.24) is 0 Å². The van der Waals surface area contributed by atoms with Crippen molar-refractivity contribution in [3.05, 3.63) is 35.4 Å². The molecule has 0 aliphatic heterocycles. The maximum Gasteiger partial charge on any atom is 0.416 e. The molecule has 1 aromatic rings. The summed E-state index contributed by atoms with van der Waals surface area (Å²) in [6, 6.07) is 4.84. The minimum Gasteiger partial charge on any atom is -0.387 e. The van der Waals surface area contributed by atoms with Crippen LogP contribution in [0.1, 0.15) is 17.2 Å². The van der Waals surface area contributed by atoms with Gasteiger partial charge < -0.3 is 5.11 Å². The summed E-state index contributed by atoms with van der Waals surface area (Å²) in [5.41, 5.74) is -1.02. The van der Waals surface area contributed by atoms with Gasteiger partial charge >= 0.3 is 6.18 Å². The van der Waals surface area contributed by atoms with Crippen molar-refractivity contribution < 1.29 is 18.3 Å². The topological polar surface area (TPSA) is 20.2 Å². The molecule has 5 heteroatoms. The lowest BCUT2D eigenvalue weighted by molar-refractivity contribution is -0.139.